The van der Waals surface area contributed by atoms with Gasteiger partial charge in [-0.25, -0.2) is 0 Å². The van der Waals surface area contributed by atoms with E-state index in [1.807, 2.05) is 0 Å². The number of aliphatic imine (C=N–C) groups is 1. The lowest BCUT2D eigenvalue weighted by Gasteiger charge is -2.30. The molecule has 1 aliphatic rings. The van der Waals surface area contributed by atoms with Crippen LogP contribution in [0.4, 0.5) is 0 Å². The first-order chi connectivity index (χ1) is 36.9. The number of aromatic hydroxyl groups is 1. The molecule has 30 heteroatoms. The predicted molar refractivity (Wildman–Crippen MR) is 275 cm³/mol. The fourth-order valence-corrected chi connectivity index (χ4v) is 7.92. The number of primary amides is 3. The van der Waals surface area contributed by atoms with Gasteiger partial charge in [0.2, 0.25) is 65.0 Å². The minimum atomic E-state index is -1.94. The average Bonchev–Trinajstić information content (AvgIpc) is 3.89. The number of guanidine groups is 1. The van der Waals surface area contributed by atoms with E-state index >= 15 is 0 Å². The standard InChI is InChI=1S/C48H69N15O15/c49-28(24-64)40(71)60-32(21-26-10-12-27(65)13-11-26)44(75)61-33(20-25-6-2-1-3-7-25)43(74)57-30(14-16-36(50)66)42(73)62-34(22-37(51)67)45(76)59-31(15-17-39(69)70)47(78)63-19-5-9-35(63)46(77)58-29(8-4-18-55-48(53)54)41(72)56-23-38(52)68/h1-3,6-7,10-13,28-35,64-65H,4-5,8-9,14-24,49H2,(H2,50,66)(H2,51,67)(H2,52,68)(H,56,72)(H,57,74)(H,58,77)(H,59,76)(H,60,71)(H,61,75)(H,62,73)(H,69,70)(H4,53,54,55)/t28-,29-,30-,31-,32-,33-,34-,35-/m0/s1. The molecule has 426 valence electrons. The molecule has 0 aliphatic carbocycles. The summed E-state index contributed by atoms with van der Waals surface area (Å²) in [6, 6.07) is 1.40. The number of amides is 11. The number of aliphatic hydroxyl groups excluding tert-OH is 1. The molecule has 78 heavy (non-hydrogen) atoms. The second kappa shape index (κ2) is 31.8. The van der Waals surface area contributed by atoms with Gasteiger partial charge in [0, 0.05) is 38.8 Å². The topological polar surface area (TPSA) is 521 Å². The quantitative estimate of drug-likeness (QED) is 0.0179. The molecule has 1 fully saturated rings. The van der Waals surface area contributed by atoms with Crippen LogP contribution in [0.25, 0.3) is 0 Å². The fraction of sp³-hybridized carbons (Fsp3) is 0.479. The molecule has 0 saturated carbocycles. The molecule has 1 saturated heterocycles. The molecular formula is C48H69N15O15. The van der Waals surface area contributed by atoms with Crippen molar-refractivity contribution >= 4 is 76.9 Å². The Hall–Kier alpha value is -8.93. The van der Waals surface area contributed by atoms with Gasteiger partial charge in [0.05, 0.1) is 19.6 Å². The summed E-state index contributed by atoms with van der Waals surface area (Å²) in [5.41, 5.74) is 33.4. The van der Waals surface area contributed by atoms with Crippen molar-refractivity contribution in [2.24, 2.45) is 39.4 Å². The number of aliphatic hydroxyl groups is 1. The van der Waals surface area contributed by atoms with E-state index in [1.165, 1.54) is 24.3 Å². The van der Waals surface area contributed by atoms with Gasteiger partial charge >= 0.3 is 5.97 Å². The maximum Gasteiger partial charge on any atom is 0.303 e. The summed E-state index contributed by atoms with van der Waals surface area (Å²) in [6.07, 6.45) is -3.32. The number of phenolic OH excluding ortho intramolecular Hbond substituents is 1. The van der Waals surface area contributed by atoms with E-state index in [9.17, 15) is 72.9 Å². The monoisotopic (exact) mass is 1100 g/mol. The number of carbonyl (C=O) groups excluding carboxylic acids is 11. The van der Waals surface area contributed by atoms with Crippen LogP contribution in [0, 0.1) is 0 Å². The van der Waals surface area contributed by atoms with Gasteiger partial charge in [-0.05, 0) is 61.8 Å². The van der Waals surface area contributed by atoms with Crippen molar-refractivity contribution in [1.29, 1.82) is 0 Å². The number of carboxylic acid groups (broad SMARTS) is 1. The molecule has 1 heterocycles. The maximum atomic E-state index is 14.3. The molecule has 2 aromatic rings. The molecule has 1 aliphatic heterocycles. The fourth-order valence-electron chi connectivity index (χ4n) is 7.92. The lowest BCUT2D eigenvalue weighted by molar-refractivity contribution is -0.143. The summed E-state index contributed by atoms with van der Waals surface area (Å²) in [6.45, 7) is -1.37. The van der Waals surface area contributed by atoms with Crippen LogP contribution in [0.5, 0.6) is 5.75 Å². The SMILES string of the molecule is NC(=O)CC[C@H](NC(=O)[C@H](Cc1ccccc1)NC(=O)[C@H](Cc1ccc(O)cc1)NC(=O)[C@@H](N)CO)C(=O)N[C@@H](CC(N)=O)C(=O)N[C@@H](CCC(=O)O)C(=O)N1CCC[C@H]1C(=O)N[C@@H](CCCN=C(N)N)C(=O)NCC(N)=O. The zero-order valence-electron chi connectivity index (χ0n) is 42.5. The Balaban J connectivity index is 1.92. The first-order valence-corrected chi connectivity index (χ1v) is 24.6. The van der Waals surface area contributed by atoms with Crippen molar-refractivity contribution < 1.29 is 72.9 Å². The van der Waals surface area contributed by atoms with E-state index in [1.54, 1.807) is 30.3 Å². The van der Waals surface area contributed by atoms with Gasteiger partial charge in [-0.3, -0.25) is 62.5 Å². The molecule has 0 unspecified atom stereocenters. The maximum absolute atomic E-state index is 14.3. The van der Waals surface area contributed by atoms with Crippen LogP contribution in [0.2, 0.25) is 0 Å². The number of likely N-dealkylation sites (tertiary alicyclic amines) is 1. The normalized spacial score (nSPS) is 15.5. The minimum Gasteiger partial charge on any atom is -0.508 e. The van der Waals surface area contributed by atoms with Gasteiger partial charge in [-0.15, -0.1) is 0 Å². The van der Waals surface area contributed by atoms with Crippen molar-refractivity contribution in [1.82, 2.24) is 42.1 Å². The third-order valence-electron chi connectivity index (χ3n) is 11.9. The molecule has 3 rings (SSSR count). The van der Waals surface area contributed by atoms with E-state index in [0.29, 0.717) is 11.1 Å². The smallest absolute Gasteiger partial charge is 0.303 e. The molecular weight excluding hydrogens is 1030 g/mol. The zero-order valence-corrected chi connectivity index (χ0v) is 42.5. The van der Waals surface area contributed by atoms with Crippen LogP contribution in [-0.4, -0.2) is 172 Å². The van der Waals surface area contributed by atoms with Crippen LogP contribution >= 0.6 is 0 Å². The molecule has 0 bridgehead atoms. The molecule has 2 aromatic carbocycles. The van der Waals surface area contributed by atoms with Gasteiger partial charge in [-0.2, -0.15) is 0 Å². The molecule has 0 aromatic heterocycles. The Morgan fingerprint density at radius 1 is 0.603 bits per heavy atom. The summed E-state index contributed by atoms with van der Waals surface area (Å²) < 4.78 is 0. The summed E-state index contributed by atoms with van der Waals surface area (Å²) in [4.78, 5) is 163. The van der Waals surface area contributed by atoms with Gasteiger partial charge in [0.15, 0.2) is 5.96 Å². The number of hydrogen-bond acceptors (Lipinski definition) is 16. The lowest BCUT2D eigenvalue weighted by Crippen LogP contribution is -2.61. The number of nitrogens with two attached hydrogens (primary N) is 6. The highest BCUT2D eigenvalue weighted by molar-refractivity contribution is 5.99. The van der Waals surface area contributed by atoms with Crippen molar-refractivity contribution in [3.8, 4) is 5.75 Å². The number of hydrogen-bond donors (Lipinski definition) is 16. The third-order valence-corrected chi connectivity index (χ3v) is 11.9. The summed E-state index contributed by atoms with van der Waals surface area (Å²) in [5.74, 6) is -12.7. The first-order valence-electron chi connectivity index (χ1n) is 24.6. The summed E-state index contributed by atoms with van der Waals surface area (Å²) >= 11 is 0. The lowest BCUT2D eigenvalue weighted by atomic mass is 10.0. The van der Waals surface area contributed by atoms with Gasteiger partial charge in [0.1, 0.15) is 54.1 Å². The molecule has 30 nitrogen and oxygen atoms in total. The number of benzene rings is 2. The number of carboxylic acids is 1. The highest BCUT2D eigenvalue weighted by Gasteiger charge is 2.40. The number of phenols is 1. The molecule has 8 atom stereocenters. The minimum absolute atomic E-state index is 0.0387. The summed E-state index contributed by atoms with van der Waals surface area (Å²) in [7, 11) is 0. The average molecular weight is 1100 g/mol. The number of nitrogens with one attached hydrogen (secondary N) is 7. The van der Waals surface area contributed by atoms with Crippen LogP contribution in [0.15, 0.2) is 59.6 Å². The summed E-state index contributed by atoms with van der Waals surface area (Å²) in [5, 5.41) is 45.8. The van der Waals surface area contributed by atoms with Crippen LogP contribution in [0.1, 0.15) is 68.9 Å². The van der Waals surface area contributed by atoms with Crippen LogP contribution < -0.4 is 71.6 Å². The number of nitrogens with zero attached hydrogens (tertiary/aromatic N) is 2. The second-order valence-corrected chi connectivity index (χ2v) is 18.1. The van der Waals surface area contributed by atoms with E-state index in [0.717, 1.165) is 4.90 Å². The molecule has 0 spiro atoms. The van der Waals surface area contributed by atoms with Gasteiger partial charge in [0.25, 0.3) is 0 Å². The van der Waals surface area contributed by atoms with E-state index in [2.05, 4.69) is 42.2 Å². The Morgan fingerprint density at radius 2 is 1.13 bits per heavy atom. The largest absolute Gasteiger partial charge is 0.508 e. The van der Waals surface area contributed by atoms with Crippen molar-refractivity contribution in [3.05, 3.63) is 65.7 Å². The highest BCUT2D eigenvalue weighted by atomic mass is 16.4. The van der Waals surface area contributed by atoms with Crippen molar-refractivity contribution in [2.45, 2.75) is 119 Å². The first kappa shape index (κ1) is 63.4. The number of aliphatic carboxylic acids is 1. The Bertz CT molecular complexity index is 2500. The van der Waals surface area contributed by atoms with Crippen LogP contribution in [-0.2, 0) is 70.4 Å². The molecule has 22 N–H and O–H groups in total. The van der Waals surface area contributed by atoms with E-state index in [-0.39, 0.29) is 63.3 Å². The number of rotatable bonds is 33. The van der Waals surface area contributed by atoms with Crippen LogP contribution in [0.3, 0.4) is 0 Å². The van der Waals surface area contributed by atoms with E-state index < -0.39 is 165 Å². The second-order valence-electron chi connectivity index (χ2n) is 18.1. The van der Waals surface area contributed by atoms with Gasteiger partial charge in [-0.1, -0.05) is 42.5 Å². The highest BCUT2D eigenvalue weighted by Crippen LogP contribution is 2.21. The van der Waals surface area contributed by atoms with Crippen molar-refractivity contribution in [2.75, 3.05) is 26.2 Å². The Kier molecular flexibility index (Phi) is 25.9. The third kappa shape index (κ3) is 22.1. The number of carbonyl (C=O) groups is 12. The van der Waals surface area contributed by atoms with Gasteiger partial charge < -0.3 is 91.8 Å². The molecule has 11 amide bonds. The molecule has 0 radical (unpaired) electrons. The predicted octanol–water partition coefficient (Wildman–Crippen LogP) is -6.94. The Labute approximate surface area is 446 Å². The van der Waals surface area contributed by atoms with E-state index in [4.69, 9.17) is 34.4 Å². The zero-order chi connectivity index (χ0) is 58.1. The Morgan fingerprint density at radius 3 is 1.69 bits per heavy atom. The van der Waals surface area contributed by atoms with Crippen molar-refractivity contribution in [3.63, 3.8) is 0 Å².